The van der Waals surface area contributed by atoms with Gasteiger partial charge in [-0.15, -0.1) is 0 Å². The van der Waals surface area contributed by atoms with E-state index in [1.54, 1.807) is 0 Å². The van der Waals surface area contributed by atoms with Crippen LogP contribution in [-0.2, 0) is 33.3 Å². The third-order valence-electron chi connectivity index (χ3n) is 9.14. The van der Waals surface area contributed by atoms with Crippen LogP contribution in [0.3, 0.4) is 0 Å². The Hall–Kier alpha value is -2.11. The fourth-order valence-corrected chi connectivity index (χ4v) is 5.72. The van der Waals surface area contributed by atoms with Gasteiger partial charge in [0.15, 0.2) is 24.4 Å². The van der Waals surface area contributed by atoms with Gasteiger partial charge in [0.1, 0.15) is 42.7 Å². The zero-order chi connectivity index (χ0) is 40.1. The Kier molecular flexibility index (Phi) is 23.9. The molecule has 0 aromatic heterocycles. The maximum absolute atomic E-state index is 12.2. The number of hydrogen-bond donors (Lipinski definition) is 12. The predicted octanol–water partition coefficient (Wildman–Crippen LogP) is -2.65. The lowest BCUT2D eigenvalue weighted by molar-refractivity contribution is -0.250. The summed E-state index contributed by atoms with van der Waals surface area (Å²) in [6.07, 6.45) is -2.05. The van der Waals surface area contributed by atoms with Gasteiger partial charge in [-0.2, -0.15) is 0 Å². The average molecular weight is 775 g/mol. The molecule has 2 heterocycles. The molecule has 11 atom stereocenters. The number of hydrogen-bond acceptors (Lipinski definition) is 18. The summed E-state index contributed by atoms with van der Waals surface area (Å²) >= 11 is 0. The molecule has 2 rings (SSSR count). The number of carbonyl (C=O) groups excluding carboxylic acids is 2. The highest BCUT2D eigenvalue weighted by Gasteiger charge is 2.48. The van der Waals surface area contributed by atoms with Crippen molar-refractivity contribution in [3.8, 4) is 0 Å². The first-order valence-electron chi connectivity index (χ1n) is 18.3. The Bertz CT molecular complexity index is 1030. The van der Waals surface area contributed by atoms with Gasteiger partial charge in [-0.3, -0.25) is 0 Å². The molecule has 0 bridgehead atoms. The Morgan fingerprint density at radius 1 is 0.660 bits per heavy atom. The molecule has 3 unspecified atom stereocenters. The SMILES string of the molecule is CCCCCCCCCCCCCCCC(O)C(O)(O)C(=O)O[C@H](CO)[C@H]1OC[C@H](O)[C@H]1O.O=C(O)C(O)C(O)C(=O)O[C@H](CO)[C@H]1OC[C@H](O)[C@H]1O. The van der Waals surface area contributed by atoms with Gasteiger partial charge in [0.05, 0.1) is 26.4 Å². The second kappa shape index (κ2) is 25.9. The molecule has 0 aromatic carbocycles. The van der Waals surface area contributed by atoms with E-state index in [-0.39, 0.29) is 19.6 Å². The van der Waals surface area contributed by atoms with E-state index in [0.29, 0.717) is 6.42 Å². The summed E-state index contributed by atoms with van der Waals surface area (Å²) in [6.45, 7) is 0.228. The lowest BCUT2D eigenvalue weighted by atomic mass is 10.0. The average Bonchev–Trinajstić information content (AvgIpc) is 3.65. The maximum atomic E-state index is 12.2. The quantitative estimate of drug-likeness (QED) is 0.0256. The Morgan fingerprint density at radius 2 is 1.06 bits per heavy atom. The number of carboxylic acids is 1. The molecular formula is C34H62O19. The zero-order valence-corrected chi connectivity index (χ0v) is 30.3. The molecule has 2 saturated heterocycles. The molecule has 19 heteroatoms. The number of carbonyl (C=O) groups is 3. The Morgan fingerprint density at radius 3 is 1.42 bits per heavy atom. The van der Waals surface area contributed by atoms with E-state index in [1.165, 1.54) is 57.8 Å². The summed E-state index contributed by atoms with van der Waals surface area (Å²) in [6, 6.07) is 0. The van der Waals surface area contributed by atoms with E-state index in [0.717, 1.165) is 19.3 Å². The first kappa shape index (κ1) is 48.9. The van der Waals surface area contributed by atoms with Crippen LogP contribution in [0.4, 0.5) is 0 Å². The van der Waals surface area contributed by atoms with Crippen LogP contribution >= 0.6 is 0 Å². The molecule has 0 amide bonds. The second-order valence-electron chi connectivity index (χ2n) is 13.5. The molecule has 19 nitrogen and oxygen atoms in total. The Balaban J connectivity index is 0.000000598. The number of carboxylic acid groups (broad SMARTS) is 1. The van der Waals surface area contributed by atoms with Gasteiger partial charge in [-0.05, 0) is 6.42 Å². The van der Waals surface area contributed by atoms with Gasteiger partial charge < -0.3 is 80.2 Å². The fourth-order valence-electron chi connectivity index (χ4n) is 5.72. The van der Waals surface area contributed by atoms with Gasteiger partial charge in [-0.25, -0.2) is 14.4 Å². The van der Waals surface area contributed by atoms with Crippen LogP contribution in [0.1, 0.15) is 96.8 Å². The topological polar surface area (TPSA) is 331 Å². The van der Waals surface area contributed by atoms with Crippen LogP contribution in [0, 0.1) is 0 Å². The Labute approximate surface area is 308 Å². The summed E-state index contributed by atoms with van der Waals surface area (Å²) in [5, 5.41) is 113. The highest BCUT2D eigenvalue weighted by molar-refractivity contribution is 5.84. The first-order valence-corrected chi connectivity index (χ1v) is 18.3. The second-order valence-corrected chi connectivity index (χ2v) is 13.5. The van der Waals surface area contributed by atoms with Crippen molar-refractivity contribution in [1.29, 1.82) is 0 Å². The molecule has 53 heavy (non-hydrogen) atoms. The third-order valence-corrected chi connectivity index (χ3v) is 9.14. The monoisotopic (exact) mass is 774 g/mol. The molecule has 2 aliphatic rings. The van der Waals surface area contributed by atoms with Gasteiger partial charge in [0, 0.05) is 0 Å². The van der Waals surface area contributed by atoms with Gasteiger partial charge in [0.2, 0.25) is 0 Å². The summed E-state index contributed by atoms with van der Waals surface area (Å²) < 4.78 is 19.5. The predicted molar refractivity (Wildman–Crippen MR) is 181 cm³/mol. The van der Waals surface area contributed by atoms with Crippen molar-refractivity contribution >= 4 is 17.9 Å². The number of aliphatic carboxylic acids is 1. The van der Waals surface area contributed by atoms with E-state index in [2.05, 4.69) is 11.7 Å². The van der Waals surface area contributed by atoms with E-state index < -0.39 is 104 Å². The number of esters is 2. The first-order chi connectivity index (χ1) is 25.0. The summed E-state index contributed by atoms with van der Waals surface area (Å²) in [7, 11) is 0. The number of aliphatic hydroxyl groups is 11. The molecule has 2 aliphatic heterocycles. The highest BCUT2D eigenvalue weighted by atomic mass is 16.6. The minimum Gasteiger partial charge on any atom is -0.479 e. The lowest BCUT2D eigenvalue weighted by Gasteiger charge is -2.29. The third kappa shape index (κ3) is 16.7. The molecule has 2 fully saturated rings. The summed E-state index contributed by atoms with van der Waals surface area (Å²) in [5.74, 6) is -8.02. The van der Waals surface area contributed by atoms with E-state index in [1.807, 2.05) is 0 Å². The zero-order valence-electron chi connectivity index (χ0n) is 30.3. The minimum absolute atomic E-state index is 0.00488. The molecule has 0 aliphatic carbocycles. The van der Waals surface area contributed by atoms with E-state index in [9.17, 15) is 60.3 Å². The van der Waals surface area contributed by atoms with Crippen LogP contribution in [0.2, 0.25) is 0 Å². The molecule has 12 N–H and O–H groups in total. The van der Waals surface area contributed by atoms with Crippen molar-refractivity contribution in [3.05, 3.63) is 0 Å². The highest BCUT2D eigenvalue weighted by Crippen LogP contribution is 2.24. The normalized spacial score (nSPS) is 25.8. The van der Waals surface area contributed by atoms with Crippen LogP contribution in [0.15, 0.2) is 0 Å². The molecule has 312 valence electrons. The van der Waals surface area contributed by atoms with Crippen molar-refractivity contribution in [2.45, 2.75) is 170 Å². The van der Waals surface area contributed by atoms with Crippen molar-refractivity contribution in [2.75, 3.05) is 26.4 Å². The van der Waals surface area contributed by atoms with E-state index in [4.69, 9.17) is 29.5 Å². The molecule has 0 saturated carbocycles. The summed E-state index contributed by atoms with van der Waals surface area (Å²) in [4.78, 5) is 33.9. The van der Waals surface area contributed by atoms with Crippen LogP contribution < -0.4 is 0 Å². The minimum atomic E-state index is -3.15. The van der Waals surface area contributed by atoms with E-state index >= 15 is 0 Å². The number of ether oxygens (including phenoxy) is 4. The van der Waals surface area contributed by atoms with Crippen molar-refractivity contribution < 1.29 is 94.6 Å². The number of aliphatic hydroxyl groups excluding tert-OH is 9. The smallest absolute Gasteiger partial charge is 0.369 e. The van der Waals surface area contributed by atoms with Gasteiger partial charge in [0.25, 0.3) is 5.79 Å². The largest absolute Gasteiger partial charge is 0.479 e. The lowest BCUT2D eigenvalue weighted by Crippen LogP contribution is -2.53. The van der Waals surface area contributed by atoms with Gasteiger partial charge >= 0.3 is 17.9 Å². The molecule has 0 radical (unpaired) electrons. The van der Waals surface area contributed by atoms with Crippen molar-refractivity contribution in [2.24, 2.45) is 0 Å². The standard InChI is InChI=1S/C24H46O9.C10H16O10/c1-2-3-4-5-6-7-8-9-10-11-12-13-14-15-20(27)24(30,31)23(29)33-19(16-25)22-21(28)18(26)17-32-22;11-1-4(8-5(13)3(12)2-19-8)20-10(18)7(15)6(14)9(16)17/h18-22,25-28,30-31H,2-17H2,1H3;3-8,11-15H,1-2H2,(H,16,17)/t18-,19+,20?,21+,22+;3-,4+,5+,6?,7?,8+/m00/s1. The molecule has 0 spiro atoms. The summed E-state index contributed by atoms with van der Waals surface area (Å²) in [5.41, 5.74) is 0. The van der Waals surface area contributed by atoms with Crippen molar-refractivity contribution in [1.82, 2.24) is 0 Å². The van der Waals surface area contributed by atoms with Crippen LogP contribution in [0.25, 0.3) is 0 Å². The fraction of sp³-hybridized carbons (Fsp3) is 0.912. The van der Waals surface area contributed by atoms with Gasteiger partial charge in [-0.1, -0.05) is 90.4 Å². The van der Waals surface area contributed by atoms with Crippen molar-refractivity contribution in [3.63, 3.8) is 0 Å². The number of unbranched alkanes of at least 4 members (excludes halogenated alkanes) is 12. The molecular weight excluding hydrogens is 712 g/mol. The molecule has 0 aromatic rings. The van der Waals surface area contributed by atoms with Crippen LogP contribution in [0.5, 0.6) is 0 Å². The number of rotatable bonds is 25. The maximum Gasteiger partial charge on any atom is 0.369 e. The van der Waals surface area contributed by atoms with Crippen LogP contribution in [-0.4, -0.2) is 179 Å².